The summed E-state index contributed by atoms with van der Waals surface area (Å²) in [5.41, 5.74) is 3.69. The van der Waals surface area contributed by atoms with Crippen LogP contribution in [0.2, 0.25) is 0 Å². The summed E-state index contributed by atoms with van der Waals surface area (Å²) in [4.78, 5) is 16.3. The van der Waals surface area contributed by atoms with Crippen molar-refractivity contribution in [2.24, 2.45) is 0 Å². The molecular formula is C31H28N2O4. The number of benzene rings is 4. The van der Waals surface area contributed by atoms with Gasteiger partial charge in [-0.3, -0.25) is 4.79 Å². The van der Waals surface area contributed by atoms with Crippen LogP contribution in [0.1, 0.15) is 37.3 Å². The minimum atomic E-state index is -0.946. The van der Waals surface area contributed by atoms with Crippen molar-refractivity contribution in [2.75, 3.05) is 30.2 Å². The maximum atomic E-state index is 14.4. The number of ether oxygens (including phenoxy) is 3. The van der Waals surface area contributed by atoms with Crippen molar-refractivity contribution < 1.29 is 19.0 Å². The van der Waals surface area contributed by atoms with Crippen LogP contribution < -0.4 is 24.4 Å². The summed E-state index contributed by atoms with van der Waals surface area (Å²) in [6.07, 6.45) is 3.13. The van der Waals surface area contributed by atoms with E-state index in [9.17, 15) is 4.79 Å². The van der Waals surface area contributed by atoms with Crippen molar-refractivity contribution in [2.45, 2.75) is 31.6 Å². The maximum Gasteiger partial charge on any atom is 0.245 e. The lowest BCUT2D eigenvalue weighted by molar-refractivity contribution is -0.122. The van der Waals surface area contributed by atoms with Crippen molar-refractivity contribution in [3.8, 4) is 17.2 Å². The van der Waals surface area contributed by atoms with E-state index in [2.05, 4.69) is 54.7 Å². The van der Waals surface area contributed by atoms with Gasteiger partial charge in [0.15, 0.2) is 11.5 Å². The monoisotopic (exact) mass is 492 g/mol. The molecule has 0 aromatic heterocycles. The van der Waals surface area contributed by atoms with E-state index in [4.69, 9.17) is 14.2 Å². The Morgan fingerprint density at radius 3 is 2.57 bits per heavy atom. The molecular weight excluding hydrogens is 464 g/mol. The third kappa shape index (κ3) is 3.28. The molecule has 1 atom stereocenters. The van der Waals surface area contributed by atoms with Crippen LogP contribution in [0.4, 0.5) is 17.1 Å². The van der Waals surface area contributed by atoms with Gasteiger partial charge in [-0.25, -0.2) is 0 Å². The highest BCUT2D eigenvalue weighted by molar-refractivity contribution is 6.13. The average molecular weight is 493 g/mol. The van der Waals surface area contributed by atoms with Crippen molar-refractivity contribution in [1.29, 1.82) is 0 Å². The SMILES string of the molecule is CCCCCN1C(=O)C2(COc3cc4c(cc32)OCO4)c2c(Nc3ccc4ccccc4c3)cccc21. The van der Waals surface area contributed by atoms with Gasteiger partial charge in [-0.05, 0) is 47.5 Å². The Balaban J connectivity index is 1.38. The number of anilines is 3. The van der Waals surface area contributed by atoms with Crippen LogP contribution >= 0.6 is 0 Å². The summed E-state index contributed by atoms with van der Waals surface area (Å²) < 4.78 is 17.5. The molecule has 1 amide bonds. The number of unbranched alkanes of at least 4 members (excludes halogenated alkanes) is 2. The highest BCUT2D eigenvalue weighted by Gasteiger charge is 2.58. The molecule has 0 fully saturated rings. The Morgan fingerprint density at radius 2 is 1.70 bits per heavy atom. The fraction of sp³-hybridized carbons (Fsp3) is 0.258. The van der Waals surface area contributed by atoms with Crippen molar-refractivity contribution in [3.05, 3.63) is 83.9 Å². The van der Waals surface area contributed by atoms with Gasteiger partial charge in [-0.1, -0.05) is 56.2 Å². The Labute approximate surface area is 215 Å². The van der Waals surface area contributed by atoms with E-state index in [0.717, 1.165) is 52.8 Å². The number of nitrogens with one attached hydrogen (secondary N) is 1. The van der Waals surface area contributed by atoms with Crippen LogP contribution in [0, 0.1) is 0 Å². The summed E-state index contributed by atoms with van der Waals surface area (Å²) in [7, 11) is 0. The molecule has 1 spiro atoms. The minimum absolute atomic E-state index is 0.0592. The van der Waals surface area contributed by atoms with E-state index in [1.165, 1.54) is 5.39 Å². The molecule has 0 saturated heterocycles. The van der Waals surface area contributed by atoms with Crippen LogP contribution in [0.3, 0.4) is 0 Å². The number of fused-ring (bicyclic) bond motifs is 6. The number of hydrogen-bond acceptors (Lipinski definition) is 5. The fourth-order valence-corrected chi connectivity index (χ4v) is 5.95. The molecule has 3 aliphatic rings. The number of nitrogens with zero attached hydrogens (tertiary/aromatic N) is 1. The van der Waals surface area contributed by atoms with E-state index in [1.807, 2.05) is 35.2 Å². The molecule has 1 N–H and O–H groups in total. The first kappa shape index (κ1) is 22.0. The topological polar surface area (TPSA) is 60.0 Å². The predicted molar refractivity (Wildman–Crippen MR) is 144 cm³/mol. The molecule has 186 valence electrons. The summed E-state index contributed by atoms with van der Waals surface area (Å²) in [6.45, 7) is 3.28. The van der Waals surface area contributed by atoms with Gasteiger partial charge in [0.05, 0.1) is 5.69 Å². The minimum Gasteiger partial charge on any atom is -0.491 e. The summed E-state index contributed by atoms with van der Waals surface area (Å²) in [5, 5.41) is 6.00. The molecule has 0 aliphatic carbocycles. The third-order valence-corrected chi connectivity index (χ3v) is 7.76. The predicted octanol–water partition coefficient (Wildman–Crippen LogP) is 6.53. The van der Waals surface area contributed by atoms with Gasteiger partial charge in [-0.15, -0.1) is 0 Å². The second-order valence-electron chi connectivity index (χ2n) is 9.95. The second-order valence-corrected chi connectivity index (χ2v) is 9.95. The Morgan fingerprint density at radius 1 is 0.865 bits per heavy atom. The molecule has 7 rings (SSSR count). The van der Waals surface area contributed by atoms with Gasteiger partial charge in [0.2, 0.25) is 12.7 Å². The molecule has 37 heavy (non-hydrogen) atoms. The van der Waals surface area contributed by atoms with E-state index in [0.29, 0.717) is 23.8 Å². The zero-order valence-electron chi connectivity index (χ0n) is 20.8. The molecule has 6 heteroatoms. The first-order valence-corrected chi connectivity index (χ1v) is 13.0. The van der Waals surface area contributed by atoms with E-state index in [-0.39, 0.29) is 19.3 Å². The maximum absolute atomic E-state index is 14.4. The van der Waals surface area contributed by atoms with Crippen LogP contribution in [0.15, 0.2) is 72.8 Å². The van der Waals surface area contributed by atoms with Crippen LogP contribution in [-0.2, 0) is 10.2 Å². The molecule has 3 heterocycles. The van der Waals surface area contributed by atoms with Crippen LogP contribution in [-0.4, -0.2) is 25.9 Å². The number of rotatable bonds is 6. The fourth-order valence-electron chi connectivity index (χ4n) is 5.95. The standard InChI is InChI=1S/C31H28N2O4/c1-2-3-6-14-33-25-11-7-10-24(32-22-13-12-20-8-4-5-9-21(20)15-22)29(25)31(30(33)34)18-35-26-17-28-27(16-23(26)31)36-19-37-28/h4-5,7-13,15-17,32H,2-3,6,14,18-19H2,1H3. The Hall–Kier alpha value is -4.19. The van der Waals surface area contributed by atoms with Crippen molar-refractivity contribution >= 4 is 33.7 Å². The van der Waals surface area contributed by atoms with Gasteiger partial charge in [0.25, 0.3) is 0 Å². The highest BCUT2D eigenvalue weighted by atomic mass is 16.7. The zero-order valence-corrected chi connectivity index (χ0v) is 20.8. The molecule has 3 aliphatic heterocycles. The Kier molecular flexibility index (Phi) is 5.03. The van der Waals surface area contributed by atoms with Crippen LogP contribution in [0.25, 0.3) is 10.8 Å². The summed E-state index contributed by atoms with van der Waals surface area (Å²) in [6, 6.07) is 24.6. The molecule has 0 bridgehead atoms. The van der Waals surface area contributed by atoms with Gasteiger partial charge < -0.3 is 24.4 Å². The van der Waals surface area contributed by atoms with Gasteiger partial charge in [-0.2, -0.15) is 0 Å². The molecule has 1 unspecified atom stereocenters. The van der Waals surface area contributed by atoms with E-state index >= 15 is 0 Å². The first-order valence-electron chi connectivity index (χ1n) is 13.0. The molecule has 0 saturated carbocycles. The van der Waals surface area contributed by atoms with E-state index in [1.54, 1.807) is 0 Å². The normalized spacial score (nSPS) is 18.8. The van der Waals surface area contributed by atoms with Gasteiger partial charge >= 0.3 is 0 Å². The summed E-state index contributed by atoms with van der Waals surface area (Å²) in [5.74, 6) is 2.05. The van der Waals surface area contributed by atoms with Crippen molar-refractivity contribution in [1.82, 2.24) is 0 Å². The lowest BCUT2D eigenvalue weighted by Gasteiger charge is -2.24. The molecule has 6 nitrogen and oxygen atoms in total. The smallest absolute Gasteiger partial charge is 0.245 e. The number of carbonyl (C=O) groups excluding carboxylic acids is 1. The lowest BCUT2D eigenvalue weighted by Crippen LogP contribution is -2.43. The van der Waals surface area contributed by atoms with Crippen LogP contribution in [0.5, 0.6) is 17.2 Å². The first-order chi connectivity index (χ1) is 18.2. The number of carbonyl (C=O) groups is 1. The molecule has 4 aromatic rings. The average Bonchev–Trinajstić information content (AvgIpc) is 3.60. The number of amides is 1. The number of hydrogen-bond donors (Lipinski definition) is 1. The quantitative estimate of drug-likeness (QED) is 0.310. The largest absolute Gasteiger partial charge is 0.491 e. The molecule has 4 aromatic carbocycles. The third-order valence-electron chi connectivity index (χ3n) is 7.76. The summed E-state index contributed by atoms with van der Waals surface area (Å²) >= 11 is 0. The molecule has 0 radical (unpaired) electrons. The van der Waals surface area contributed by atoms with Gasteiger partial charge in [0.1, 0.15) is 17.8 Å². The second kappa shape index (κ2) is 8.44. The zero-order chi connectivity index (χ0) is 25.0. The van der Waals surface area contributed by atoms with E-state index < -0.39 is 5.41 Å². The van der Waals surface area contributed by atoms with Crippen molar-refractivity contribution in [3.63, 3.8) is 0 Å². The highest BCUT2D eigenvalue weighted by Crippen LogP contribution is 2.57. The Bertz CT molecular complexity index is 1550. The lowest BCUT2D eigenvalue weighted by atomic mass is 9.76. The van der Waals surface area contributed by atoms with Gasteiger partial charge in [0, 0.05) is 35.1 Å².